The number of fused-ring (bicyclic) bond motifs is 9. The molecule has 6 atom stereocenters. The van der Waals surface area contributed by atoms with Crippen LogP contribution in [0, 0.1) is 0 Å². The lowest BCUT2D eigenvalue weighted by atomic mass is 9.86. The molecular weight excluding hydrogens is 677 g/mol. The molecule has 0 aliphatic carbocycles. The normalized spacial score (nSPS) is 36.8. The molecule has 8 aliphatic heterocycles. The Labute approximate surface area is 286 Å². The lowest BCUT2D eigenvalue weighted by Crippen LogP contribution is -2.77. The van der Waals surface area contributed by atoms with Gasteiger partial charge in [-0.2, -0.15) is 0 Å². The van der Waals surface area contributed by atoms with Crippen LogP contribution >= 0.6 is 43.2 Å². The number of rotatable bonds is 5. The average Bonchev–Trinajstić information content (AvgIpc) is 3.71. The molecule has 8 aliphatic rings. The summed E-state index contributed by atoms with van der Waals surface area (Å²) in [7, 11) is 10.5. The van der Waals surface area contributed by atoms with Crippen molar-refractivity contribution >= 4 is 83.4 Å². The van der Waals surface area contributed by atoms with Gasteiger partial charge in [-0.1, -0.05) is 75.7 Å². The van der Waals surface area contributed by atoms with Gasteiger partial charge in [-0.25, -0.2) is 0 Å². The van der Waals surface area contributed by atoms with Gasteiger partial charge in [0.1, 0.15) is 11.7 Å². The van der Waals surface area contributed by atoms with E-state index in [1.54, 1.807) is 26.0 Å². The molecule has 2 aromatic carbocycles. The van der Waals surface area contributed by atoms with Gasteiger partial charge in [-0.15, -0.1) is 0 Å². The van der Waals surface area contributed by atoms with Crippen molar-refractivity contribution in [2.75, 3.05) is 33.1 Å². The number of hydrogen-bond acceptors (Lipinski definition) is 10. The highest BCUT2D eigenvalue weighted by Crippen LogP contribution is 2.69. The number of carbonyl (C=O) groups is 4. The number of likely N-dealkylation sites (N-methyl/N-ethyl adjacent to an activating group) is 3. The Bertz CT molecular complexity index is 1980. The van der Waals surface area contributed by atoms with Crippen LogP contribution in [0.25, 0.3) is 10.9 Å². The van der Waals surface area contributed by atoms with Gasteiger partial charge in [-0.3, -0.25) is 24.1 Å². The third-order valence-corrected chi connectivity index (χ3v) is 18.9. The molecule has 11 rings (SSSR count). The third-order valence-electron chi connectivity index (χ3n) is 11.4. The number of nitrogens with zero attached hydrogens (tertiary/aromatic N) is 5. The predicted molar refractivity (Wildman–Crippen MR) is 185 cm³/mol. The first-order valence-electron chi connectivity index (χ1n) is 15.5. The molecule has 2 N–H and O–H groups in total. The van der Waals surface area contributed by atoms with Crippen LogP contribution < -0.4 is 5.32 Å². The topological polar surface area (TPSA) is 118 Å². The van der Waals surface area contributed by atoms with E-state index in [0.29, 0.717) is 12.8 Å². The second-order valence-corrected chi connectivity index (χ2v) is 18.5. The minimum absolute atomic E-state index is 0.0624. The summed E-state index contributed by atoms with van der Waals surface area (Å²) in [6.45, 7) is 1.49. The van der Waals surface area contributed by atoms with Crippen molar-refractivity contribution in [1.82, 2.24) is 24.2 Å². The highest BCUT2D eigenvalue weighted by Gasteiger charge is 2.78. The largest absolute Gasteiger partial charge is 0.392 e. The summed E-state index contributed by atoms with van der Waals surface area (Å²) in [5, 5.41) is 14.8. The molecule has 9 heterocycles. The first-order chi connectivity index (χ1) is 22.5. The lowest BCUT2D eigenvalue weighted by Gasteiger charge is -2.58. The lowest BCUT2D eigenvalue weighted by molar-refractivity contribution is -0.165. The van der Waals surface area contributed by atoms with Crippen LogP contribution in [0.2, 0.25) is 0 Å². The van der Waals surface area contributed by atoms with E-state index in [-0.39, 0.29) is 30.0 Å². The summed E-state index contributed by atoms with van der Waals surface area (Å²) >= 11 is 0. The summed E-state index contributed by atoms with van der Waals surface area (Å²) in [6.07, 6.45) is 2.62. The Morgan fingerprint density at radius 2 is 1.45 bits per heavy atom. The summed E-state index contributed by atoms with van der Waals surface area (Å²) in [5.74, 6) is -0.660. The van der Waals surface area contributed by atoms with E-state index < -0.39 is 37.8 Å². The second kappa shape index (κ2) is 9.37. The Hall–Kier alpha value is -2.98. The average molecular weight is 709 g/mol. The molecular formula is C32H32N6O5S4. The summed E-state index contributed by atoms with van der Waals surface area (Å²) in [5.41, 5.74) is 2.85. The van der Waals surface area contributed by atoms with E-state index in [9.17, 15) is 24.3 Å². The molecule has 0 saturated carbocycles. The molecule has 6 unspecified atom stereocenters. The molecule has 1 aromatic heterocycles. The number of aliphatic hydroxyl groups excluding tert-OH is 1. The van der Waals surface area contributed by atoms with E-state index in [0.717, 1.165) is 27.7 Å². The molecule has 4 amide bonds. The van der Waals surface area contributed by atoms with Crippen molar-refractivity contribution in [3.05, 3.63) is 65.9 Å². The Morgan fingerprint density at radius 1 is 0.809 bits per heavy atom. The van der Waals surface area contributed by atoms with Crippen molar-refractivity contribution in [1.29, 1.82) is 0 Å². The molecule has 244 valence electrons. The monoisotopic (exact) mass is 708 g/mol. The quantitative estimate of drug-likeness (QED) is 0.383. The molecule has 3 aromatic rings. The van der Waals surface area contributed by atoms with E-state index in [2.05, 4.69) is 22.1 Å². The fourth-order valence-corrected chi connectivity index (χ4v) is 16.2. The van der Waals surface area contributed by atoms with Crippen LogP contribution in [0.4, 0.5) is 5.69 Å². The number of piperazine rings is 2. The minimum Gasteiger partial charge on any atom is -0.392 e. The molecule has 0 radical (unpaired) electrons. The number of benzene rings is 2. The third kappa shape index (κ3) is 3.13. The maximum Gasteiger partial charge on any atom is 0.263 e. The van der Waals surface area contributed by atoms with E-state index in [1.165, 1.54) is 53.0 Å². The highest BCUT2D eigenvalue weighted by molar-refractivity contribution is 8.78. The van der Waals surface area contributed by atoms with Gasteiger partial charge < -0.3 is 29.7 Å². The van der Waals surface area contributed by atoms with E-state index in [1.807, 2.05) is 54.3 Å². The molecule has 7 saturated heterocycles. The zero-order valence-electron chi connectivity index (χ0n) is 26.1. The van der Waals surface area contributed by atoms with Gasteiger partial charge in [0.15, 0.2) is 14.6 Å². The first-order valence-corrected chi connectivity index (χ1v) is 19.8. The van der Waals surface area contributed by atoms with Gasteiger partial charge in [0, 0.05) is 62.3 Å². The Balaban J connectivity index is 1.25. The van der Waals surface area contributed by atoms with Crippen LogP contribution in [0.5, 0.6) is 0 Å². The Kier molecular flexibility index (Phi) is 6.00. The number of aromatic nitrogens is 1. The van der Waals surface area contributed by atoms with Crippen molar-refractivity contribution < 1.29 is 24.3 Å². The summed E-state index contributed by atoms with van der Waals surface area (Å²) in [6, 6.07) is 16.1. The number of aliphatic hydroxyl groups is 1. The SMILES string of the molecule is CCC12SSC3(CC4(n5cc(CC67SSC(CO)(C(=O)N6C)N(C)C7=O)c6ccccc65)c5ccccc5NC4N3C1=O)C(=O)N2C. The maximum absolute atomic E-state index is 14.6. The Morgan fingerprint density at radius 3 is 2.21 bits per heavy atom. The van der Waals surface area contributed by atoms with Crippen LogP contribution in [-0.4, -0.2) is 106 Å². The van der Waals surface area contributed by atoms with Gasteiger partial charge in [0.2, 0.25) is 4.87 Å². The van der Waals surface area contributed by atoms with Crippen molar-refractivity contribution in [2.45, 2.75) is 57.4 Å². The number of nitrogens with one attached hydrogen (secondary N) is 1. The molecule has 47 heavy (non-hydrogen) atoms. The van der Waals surface area contributed by atoms with Gasteiger partial charge >= 0.3 is 0 Å². The minimum atomic E-state index is -1.34. The summed E-state index contributed by atoms with van der Waals surface area (Å²) < 4.78 is 2.22. The highest BCUT2D eigenvalue weighted by atomic mass is 33.1. The number of hydrogen-bond donors (Lipinski definition) is 2. The smallest absolute Gasteiger partial charge is 0.263 e. The zero-order valence-corrected chi connectivity index (χ0v) is 29.3. The fourth-order valence-electron chi connectivity index (χ4n) is 8.74. The number of anilines is 1. The van der Waals surface area contributed by atoms with Crippen molar-refractivity contribution in [3.63, 3.8) is 0 Å². The first kappa shape index (κ1) is 30.1. The maximum atomic E-state index is 14.6. The molecule has 4 bridgehead atoms. The van der Waals surface area contributed by atoms with Crippen molar-refractivity contribution in [3.8, 4) is 0 Å². The van der Waals surface area contributed by atoms with E-state index in [4.69, 9.17) is 0 Å². The van der Waals surface area contributed by atoms with Crippen LogP contribution in [0.15, 0.2) is 54.7 Å². The zero-order chi connectivity index (χ0) is 32.9. The number of amides is 4. The number of carbonyl (C=O) groups excluding carboxylic acids is 4. The van der Waals surface area contributed by atoms with Crippen LogP contribution in [0.1, 0.15) is 30.9 Å². The van der Waals surface area contributed by atoms with Crippen LogP contribution in [-0.2, 0) is 31.1 Å². The summed E-state index contributed by atoms with van der Waals surface area (Å²) in [4.78, 5) is 58.4. The standard InChI is InChI=1S/C32H32N6O5S4/c1-5-29-27(43)38-23-28(20-11-7-8-12-21(20)33-23,16-31(38,46-44-29)25(41)34(29)2)37-15-18(19-10-6-9-13-22(19)37)14-30-24(40)36(4)32(17-39,47-45-30)26(42)35(30)3/h6-13,15,23,33,39H,5,14,16-17H2,1-4H3. The van der Waals surface area contributed by atoms with Crippen LogP contribution in [0.3, 0.4) is 0 Å². The molecule has 11 nitrogen and oxygen atoms in total. The molecule has 15 heteroatoms. The second-order valence-electron chi connectivity index (χ2n) is 13.2. The number of para-hydroxylation sites is 2. The van der Waals surface area contributed by atoms with Gasteiger partial charge in [-0.05, 0) is 34.9 Å². The van der Waals surface area contributed by atoms with E-state index >= 15 is 0 Å². The van der Waals surface area contributed by atoms with Gasteiger partial charge in [0.25, 0.3) is 23.6 Å². The molecule has 1 spiro atoms. The van der Waals surface area contributed by atoms with Gasteiger partial charge in [0.05, 0.1) is 6.61 Å². The van der Waals surface area contributed by atoms with Crippen molar-refractivity contribution in [2.24, 2.45) is 0 Å². The predicted octanol–water partition coefficient (Wildman–Crippen LogP) is 3.29. The molecule has 7 fully saturated rings. The fraction of sp³-hybridized carbons (Fsp3) is 0.438.